The van der Waals surface area contributed by atoms with Gasteiger partial charge in [-0.15, -0.1) is 11.8 Å². The summed E-state index contributed by atoms with van der Waals surface area (Å²) in [6.45, 7) is 5.91. The van der Waals surface area contributed by atoms with Crippen LogP contribution < -0.4 is 0 Å². The quantitative estimate of drug-likeness (QED) is 0.871. The van der Waals surface area contributed by atoms with Gasteiger partial charge in [-0.25, -0.2) is 0 Å². The van der Waals surface area contributed by atoms with Gasteiger partial charge < -0.3 is 10.0 Å². The number of aromatic hydroxyl groups is 1. The molecular weight excluding hydrogens is 270 g/mol. The average molecular weight is 293 g/mol. The first kappa shape index (κ1) is 15.2. The Morgan fingerprint density at radius 3 is 2.70 bits per heavy atom. The van der Waals surface area contributed by atoms with Crippen molar-refractivity contribution in [3.05, 3.63) is 23.8 Å². The number of phenolic OH excluding ortho intramolecular Hbond substituents is 1. The Bertz CT molecular complexity index is 470. The average Bonchev–Trinajstić information content (AvgIpc) is 2.81. The molecule has 0 radical (unpaired) electrons. The Morgan fingerprint density at radius 2 is 2.05 bits per heavy atom. The Balaban J connectivity index is 2.04. The Kier molecular flexibility index (Phi) is 5.35. The zero-order valence-electron chi connectivity index (χ0n) is 12.3. The van der Waals surface area contributed by atoms with Crippen LogP contribution in [-0.2, 0) is 4.79 Å². The second kappa shape index (κ2) is 7.02. The fourth-order valence-electron chi connectivity index (χ4n) is 2.68. The molecule has 1 N–H and O–H groups in total. The van der Waals surface area contributed by atoms with E-state index >= 15 is 0 Å². The summed E-state index contributed by atoms with van der Waals surface area (Å²) in [6, 6.07) is 5.49. The number of nitrogens with zero attached hydrogens (tertiary/aromatic N) is 1. The van der Waals surface area contributed by atoms with Gasteiger partial charge in [-0.05, 0) is 36.6 Å². The lowest BCUT2D eigenvalue weighted by atomic mass is 9.97. The number of benzene rings is 1. The van der Waals surface area contributed by atoms with Crippen molar-refractivity contribution in [1.82, 2.24) is 4.90 Å². The SMILES string of the molecule is CCCN(CCC)C(=O)CC1CSc2ccc(O)cc21. The molecule has 1 aromatic rings. The van der Waals surface area contributed by atoms with Crippen LogP contribution in [0.4, 0.5) is 0 Å². The molecule has 2 rings (SSSR count). The highest BCUT2D eigenvalue weighted by Crippen LogP contribution is 2.42. The summed E-state index contributed by atoms with van der Waals surface area (Å²) >= 11 is 1.78. The lowest BCUT2D eigenvalue weighted by molar-refractivity contribution is -0.131. The molecule has 1 atom stereocenters. The molecule has 0 spiro atoms. The van der Waals surface area contributed by atoms with E-state index in [0.717, 1.165) is 37.2 Å². The predicted octanol–water partition coefficient (Wildman–Crippen LogP) is 3.62. The molecular formula is C16H23NO2S. The van der Waals surface area contributed by atoms with Crippen LogP contribution in [0.1, 0.15) is 44.6 Å². The van der Waals surface area contributed by atoms with E-state index in [0.29, 0.717) is 12.2 Å². The van der Waals surface area contributed by atoms with Crippen LogP contribution in [0.2, 0.25) is 0 Å². The van der Waals surface area contributed by atoms with Gasteiger partial charge in [0.2, 0.25) is 5.91 Å². The van der Waals surface area contributed by atoms with E-state index in [9.17, 15) is 9.90 Å². The molecule has 20 heavy (non-hydrogen) atoms. The molecule has 4 heteroatoms. The zero-order valence-corrected chi connectivity index (χ0v) is 13.1. The maximum atomic E-state index is 12.4. The van der Waals surface area contributed by atoms with E-state index < -0.39 is 0 Å². The lowest BCUT2D eigenvalue weighted by Gasteiger charge is -2.23. The number of carbonyl (C=O) groups is 1. The second-order valence-electron chi connectivity index (χ2n) is 5.31. The summed E-state index contributed by atoms with van der Waals surface area (Å²) in [7, 11) is 0. The van der Waals surface area contributed by atoms with Gasteiger partial charge in [-0.3, -0.25) is 4.79 Å². The molecule has 0 fully saturated rings. The highest BCUT2D eigenvalue weighted by atomic mass is 32.2. The molecule has 0 aromatic heterocycles. The zero-order chi connectivity index (χ0) is 14.5. The number of hydrogen-bond acceptors (Lipinski definition) is 3. The van der Waals surface area contributed by atoms with Crippen LogP contribution in [0.15, 0.2) is 23.1 Å². The van der Waals surface area contributed by atoms with Gasteiger partial charge in [0.05, 0.1) is 0 Å². The fourth-order valence-corrected chi connectivity index (χ4v) is 3.91. The number of hydrogen-bond donors (Lipinski definition) is 1. The maximum Gasteiger partial charge on any atom is 0.223 e. The molecule has 0 bridgehead atoms. The van der Waals surface area contributed by atoms with Crippen LogP contribution in [-0.4, -0.2) is 34.8 Å². The number of phenols is 1. The summed E-state index contributed by atoms with van der Waals surface area (Å²) in [5.41, 5.74) is 1.14. The predicted molar refractivity (Wildman–Crippen MR) is 83.4 cm³/mol. The smallest absolute Gasteiger partial charge is 0.223 e. The van der Waals surface area contributed by atoms with Crippen LogP contribution in [0, 0.1) is 0 Å². The molecule has 1 heterocycles. The van der Waals surface area contributed by atoms with Crippen LogP contribution in [0.3, 0.4) is 0 Å². The number of amides is 1. The largest absolute Gasteiger partial charge is 0.508 e. The van der Waals surface area contributed by atoms with Gasteiger partial charge in [-0.2, -0.15) is 0 Å². The fraction of sp³-hybridized carbons (Fsp3) is 0.562. The monoisotopic (exact) mass is 293 g/mol. The second-order valence-corrected chi connectivity index (χ2v) is 6.38. The first-order valence-electron chi connectivity index (χ1n) is 7.39. The molecule has 1 aromatic carbocycles. The highest BCUT2D eigenvalue weighted by molar-refractivity contribution is 7.99. The van der Waals surface area contributed by atoms with E-state index in [1.165, 1.54) is 4.90 Å². The van der Waals surface area contributed by atoms with E-state index in [4.69, 9.17) is 0 Å². The Hall–Kier alpha value is -1.16. The first-order chi connectivity index (χ1) is 9.65. The van der Waals surface area contributed by atoms with E-state index in [-0.39, 0.29) is 11.8 Å². The van der Waals surface area contributed by atoms with Crippen LogP contribution in [0.5, 0.6) is 5.75 Å². The molecule has 0 aliphatic carbocycles. The summed E-state index contributed by atoms with van der Waals surface area (Å²) in [5, 5.41) is 9.62. The lowest BCUT2D eigenvalue weighted by Crippen LogP contribution is -2.33. The summed E-state index contributed by atoms with van der Waals surface area (Å²) in [5.74, 6) is 1.72. The van der Waals surface area contributed by atoms with Crippen molar-refractivity contribution in [2.45, 2.75) is 43.9 Å². The molecule has 1 amide bonds. The van der Waals surface area contributed by atoms with Crippen molar-refractivity contribution in [3.8, 4) is 5.75 Å². The normalized spacial score (nSPS) is 17.0. The van der Waals surface area contributed by atoms with Crippen molar-refractivity contribution in [3.63, 3.8) is 0 Å². The minimum atomic E-state index is 0.241. The van der Waals surface area contributed by atoms with E-state index in [2.05, 4.69) is 13.8 Å². The van der Waals surface area contributed by atoms with Crippen LogP contribution in [0.25, 0.3) is 0 Å². The van der Waals surface area contributed by atoms with Crippen molar-refractivity contribution in [2.24, 2.45) is 0 Å². The third-order valence-corrected chi connectivity index (χ3v) is 4.89. The summed E-state index contributed by atoms with van der Waals surface area (Å²) in [6.07, 6.45) is 2.56. The molecule has 1 aliphatic heterocycles. The number of thioether (sulfide) groups is 1. The van der Waals surface area contributed by atoms with Crippen molar-refractivity contribution in [2.75, 3.05) is 18.8 Å². The Morgan fingerprint density at radius 1 is 1.35 bits per heavy atom. The third kappa shape index (κ3) is 3.48. The van der Waals surface area contributed by atoms with Crippen molar-refractivity contribution in [1.29, 1.82) is 0 Å². The number of rotatable bonds is 6. The van der Waals surface area contributed by atoms with Crippen molar-refractivity contribution < 1.29 is 9.90 Å². The highest BCUT2D eigenvalue weighted by Gasteiger charge is 2.27. The standard InChI is InChI=1S/C16H23NO2S/c1-3-7-17(8-4-2)16(19)9-12-11-20-15-6-5-13(18)10-14(12)15/h5-6,10,12,18H,3-4,7-9,11H2,1-2H3. The van der Waals surface area contributed by atoms with E-state index in [1.807, 2.05) is 17.0 Å². The minimum absolute atomic E-state index is 0.241. The molecule has 1 aliphatic rings. The van der Waals surface area contributed by atoms with Gasteiger partial charge in [0.15, 0.2) is 0 Å². The van der Waals surface area contributed by atoms with Gasteiger partial charge in [0, 0.05) is 36.1 Å². The first-order valence-corrected chi connectivity index (χ1v) is 8.37. The molecule has 3 nitrogen and oxygen atoms in total. The summed E-state index contributed by atoms with van der Waals surface area (Å²) in [4.78, 5) is 15.6. The van der Waals surface area contributed by atoms with Gasteiger partial charge in [0.1, 0.15) is 5.75 Å². The molecule has 0 saturated carbocycles. The van der Waals surface area contributed by atoms with Gasteiger partial charge >= 0.3 is 0 Å². The van der Waals surface area contributed by atoms with E-state index in [1.54, 1.807) is 17.8 Å². The maximum absolute atomic E-state index is 12.4. The minimum Gasteiger partial charge on any atom is -0.508 e. The number of fused-ring (bicyclic) bond motifs is 1. The van der Waals surface area contributed by atoms with Crippen molar-refractivity contribution >= 4 is 17.7 Å². The van der Waals surface area contributed by atoms with Gasteiger partial charge in [0.25, 0.3) is 0 Å². The molecule has 0 saturated heterocycles. The Labute approximate surface area is 125 Å². The summed E-state index contributed by atoms with van der Waals surface area (Å²) < 4.78 is 0. The number of carbonyl (C=O) groups excluding carboxylic acids is 1. The third-order valence-electron chi connectivity index (χ3n) is 3.63. The topological polar surface area (TPSA) is 40.5 Å². The van der Waals surface area contributed by atoms with Crippen LogP contribution >= 0.6 is 11.8 Å². The molecule has 110 valence electrons. The molecule has 1 unspecified atom stereocenters. The van der Waals surface area contributed by atoms with Gasteiger partial charge in [-0.1, -0.05) is 13.8 Å².